The van der Waals surface area contributed by atoms with Crippen LogP contribution < -0.4 is 0 Å². The van der Waals surface area contributed by atoms with Crippen LogP contribution in [0.3, 0.4) is 0 Å². The van der Waals surface area contributed by atoms with Crippen LogP contribution in [0, 0.1) is 6.92 Å². The van der Waals surface area contributed by atoms with Gasteiger partial charge in [0.25, 0.3) is 0 Å². The summed E-state index contributed by atoms with van der Waals surface area (Å²) in [7, 11) is 0. The first-order chi connectivity index (χ1) is 6.24. The van der Waals surface area contributed by atoms with Crippen LogP contribution in [0.15, 0.2) is 16.7 Å². The normalized spacial score (nSPS) is 10.4. The van der Waals surface area contributed by atoms with Crippen LogP contribution in [0.25, 0.3) is 0 Å². The molecule has 72 valence electrons. The molecule has 0 aromatic carbocycles. The Hall–Kier alpha value is -0.480. The van der Waals surface area contributed by atoms with Crippen molar-refractivity contribution in [2.45, 2.75) is 13.5 Å². The first kappa shape index (κ1) is 10.6. The molecule has 0 aliphatic rings. The number of hydrogen-bond acceptors (Lipinski definition) is 2. The maximum atomic E-state index is 11.7. The van der Waals surface area contributed by atoms with Gasteiger partial charge in [-0.1, -0.05) is 6.07 Å². The van der Waals surface area contributed by atoms with Gasteiger partial charge < -0.3 is 4.74 Å². The summed E-state index contributed by atoms with van der Waals surface area (Å²) in [6.07, 6.45) is 0. The van der Waals surface area contributed by atoms with Crippen LogP contribution in [0.1, 0.15) is 11.3 Å². The standard InChI is InChI=1S/C9H11BrFNO/c1-7-8(6-13-5-4-11)2-3-9(10)12-7/h2-3H,4-6H2,1H3. The second-order valence-electron chi connectivity index (χ2n) is 2.62. The number of ether oxygens (including phenoxy) is 1. The maximum absolute atomic E-state index is 11.7. The smallest absolute Gasteiger partial charge is 0.113 e. The molecule has 4 heteroatoms. The fraction of sp³-hybridized carbons (Fsp3) is 0.444. The summed E-state index contributed by atoms with van der Waals surface area (Å²) in [5, 5.41) is 0. The SMILES string of the molecule is Cc1nc(Br)ccc1COCCF. The van der Waals surface area contributed by atoms with Crippen LogP contribution in [0.2, 0.25) is 0 Å². The molecule has 13 heavy (non-hydrogen) atoms. The Balaban J connectivity index is 2.56. The lowest BCUT2D eigenvalue weighted by atomic mass is 10.2. The Morgan fingerprint density at radius 3 is 2.92 bits per heavy atom. The van der Waals surface area contributed by atoms with Crippen LogP contribution in [-0.2, 0) is 11.3 Å². The zero-order valence-corrected chi connectivity index (χ0v) is 8.97. The number of hydrogen-bond donors (Lipinski definition) is 0. The number of halogens is 2. The van der Waals surface area contributed by atoms with Crippen LogP contribution in [0.4, 0.5) is 4.39 Å². The first-order valence-electron chi connectivity index (χ1n) is 4.00. The molecule has 0 aliphatic carbocycles. The van der Waals surface area contributed by atoms with Crippen LogP contribution in [0.5, 0.6) is 0 Å². The van der Waals surface area contributed by atoms with E-state index in [1.54, 1.807) is 0 Å². The number of nitrogens with zero attached hydrogens (tertiary/aromatic N) is 1. The van der Waals surface area contributed by atoms with Gasteiger partial charge >= 0.3 is 0 Å². The molecule has 0 saturated carbocycles. The third kappa shape index (κ3) is 3.40. The van der Waals surface area contributed by atoms with E-state index < -0.39 is 6.67 Å². The number of pyridine rings is 1. The van der Waals surface area contributed by atoms with Gasteiger partial charge in [-0.25, -0.2) is 9.37 Å². The molecule has 0 spiro atoms. The van der Waals surface area contributed by atoms with Crippen molar-refractivity contribution in [2.75, 3.05) is 13.3 Å². The van der Waals surface area contributed by atoms with Gasteiger partial charge in [0.15, 0.2) is 0 Å². The van der Waals surface area contributed by atoms with Gasteiger partial charge in [-0.15, -0.1) is 0 Å². The molecule has 1 aromatic rings. The average molecular weight is 248 g/mol. The van der Waals surface area contributed by atoms with Gasteiger partial charge in [0.2, 0.25) is 0 Å². The third-order valence-electron chi connectivity index (χ3n) is 1.64. The Kier molecular flexibility index (Phi) is 4.32. The lowest BCUT2D eigenvalue weighted by Gasteiger charge is -2.05. The highest BCUT2D eigenvalue weighted by Gasteiger charge is 1.99. The number of alkyl halides is 1. The minimum Gasteiger partial charge on any atom is -0.374 e. The van der Waals surface area contributed by atoms with E-state index in [9.17, 15) is 4.39 Å². The second-order valence-corrected chi connectivity index (χ2v) is 3.43. The maximum Gasteiger partial charge on any atom is 0.113 e. The monoisotopic (exact) mass is 247 g/mol. The van der Waals surface area contributed by atoms with Gasteiger partial charge in [-0.2, -0.15) is 0 Å². The zero-order chi connectivity index (χ0) is 9.68. The molecule has 0 aliphatic heterocycles. The van der Waals surface area contributed by atoms with Crippen LogP contribution in [-0.4, -0.2) is 18.3 Å². The lowest BCUT2D eigenvalue weighted by Crippen LogP contribution is -1.99. The summed E-state index contributed by atoms with van der Waals surface area (Å²) in [5.41, 5.74) is 1.91. The van der Waals surface area contributed by atoms with Crippen molar-refractivity contribution in [1.82, 2.24) is 4.98 Å². The molecule has 1 heterocycles. The average Bonchev–Trinajstić information content (AvgIpc) is 2.09. The number of aromatic nitrogens is 1. The molecule has 0 amide bonds. The highest BCUT2D eigenvalue weighted by molar-refractivity contribution is 9.10. The van der Waals surface area contributed by atoms with E-state index in [1.807, 2.05) is 19.1 Å². The fourth-order valence-corrected chi connectivity index (χ4v) is 1.35. The Morgan fingerprint density at radius 1 is 1.54 bits per heavy atom. The molecule has 1 aromatic heterocycles. The zero-order valence-electron chi connectivity index (χ0n) is 7.39. The Morgan fingerprint density at radius 2 is 2.31 bits per heavy atom. The predicted octanol–water partition coefficient (Wildman–Crippen LogP) is 2.64. The van der Waals surface area contributed by atoms with Gasteiger partial charge in [0, 0.05) is 5.69 Å². The van der Waals surface area contributed by atoms with E-state index in [0.29, 0.717) is 6.61 Å². The summed E-state index contributed by atoms with van der Waals surface area (Å²) < 4.78 is 17.6. The van der Waals surface area contributed by atoms with Gasteiger partial charge in [-0.05, 0) is 34.5 Å². The molecular weight excluding hydrogens is 237 g/mol. The van der Waals surface area contributed by atoms with Crippen molar-refractivity contribution in [3.63, 3.8) is 0 Å². The molecular formula is C9H11BrFNO. The van der Waals surface area contributed by atoms with E-state index in [-0.39, 0.29) is 6.61 Å². The van der Waals surface area contributed by atoms with Gasteiger partial charge in [-0.3, -0.25) is 0 Å². The van der Waals surface area contributed by atoms with Crippen molar-refractivity contribution in [3.05, 3.63) is 28.0 Å². The second kappa shape index (κ2) is 5.29. The van der Waals surface area contributed by atoms with Crippen LogP contribution >= 0.6 is 15.9 Å². The Labute approximate surface area is 85.3 Å². The highest BCUT2D eigenvalue weighted by atomic mass is 79.9. The lowest BCUT2D eigenvalue weighted by molar-refractivity contribution is 0.106. The molecule has 1 rings (SSSR count). The summed E-state index contributed by atoms with van der Waals surface area (Å²) in [6.45, 7) is 2.04. The minimum atomic E-state index is -0.441. The molecule has 0 fully saturated rings. The first-order valence-corrected chi connectivity index (χ1v) is 4.79. The summed E-state index contributed by atoms with van der Waals surface area (Å²) in [4.78, 5) is 4.20. The van der Waals surface area contributed by atoms with Crippen molar-refractivity contribution >= 4 is 15.9 Å². The molecule has 0 atom stereocenters. The summed E-state index contributed by atoms with van der Waals surface area (Å²) in [5.74, 6) is 0. The van der Waals surface area contributed by atoms with E-state index in [2.05, 4.69) is 20.9 Å². The topological polar surface area (TPSA) is 22.1 Å². The van der Waals surface area contributed by atoms with E-state index in [4.69, 9.17) is 4.74 Å². The quantitative estimate of drug-likeness (QED) is 0.603. The van der Waals surface area contributed by atoms with Crippen molar-refractivity contribution in [1.29, 1.82) is 0 Å². The molecule has 0 radical (unpaired) electrons. The molecule has 2 nitrogen and oxygen atoms in total. The van der Waals surface area contributed by atoms with Crippen molar-refractivity contribution < 1.29 is 9.13 Å². The third-order valence-corrected chi connectivity index (χ3v) is 2.08. The van der Waals surface area contributed by atoms with Crippen molar-refractivity contribution in [2.24, 2.45) is 0 Å². The van der Waals surface area contributed by atoms with Gasteiger partial charge in [0.1, 0.15) is 11.3 Å². The number of rotatable bonds is 4. The van der Waals surface area contributed by atoms with Crippen molar-refractivity contribution in [3.8, 4) is 0 Å². The largest absolute Gasteiger partial charge is 0.374 e. The van der Waals surface area contributed by atoms with E-state index >= 15 is 0 Å². The fourth-order valence-electron chi connectivity index (χ4n) is 0.948. The molecule has 0 N–H and O–H groups in total. The predicted molar refractivity (Wildman–Crippen MR) is 52.3 cm³/mol. The molecule has 0 saturated heterocycles. The van der Waals surface area contributed by atoms with Gasteiger partial charge in [0.05, 0.1) is 13.2 Å². The molecule has 0 bridgehead atoms. The van der Waals surface area contributed by atoms with E-state index in [0.717, 1.165) is 15.9 Å². The molecule has 0 unspecified atom stereocenters. The highest BCUT2D eigenvalue weighted by Crippen LogP contribution is 2.12. The summed E-state index contributed by atoms with van der Waals surface area (Å²) >= 11 is 3.27. The summed E-state index contributed by atoms with van der Waals surface area (Å²) in [6, 6.07) is 3.77. The number of aryl methyl sites for hydroxylation is 1. The van der Waals surface area contributed by atoms with E-state index in [1.165, 1.54) is 0 Å². The minimum absolute atomic E-state index is 0.148. The Bertz CT molecular complexity index is 280.